The molecule has 0 amide bonds. The first kappa shape index (κ1) is 13.9. The lowest BCUT2D eigenvalue weighted by Gasteiger charge is -2.19. The summed E-state index contributed by atoms with van der Waals surface area (Å²) in [6.45, 7) is 10.5. The van der Waals surface area contributed by atoms with Crippen LogP contribution in [-0.2, 0) is 11.8 Å². The molecule has 0 N–H and O–H groups in total. The number of aryl methyl sites for hydroxylation is 1. The summed E-state index contributed by atoms with van der Waals surface area (Å²) in [5.74, 6) is 1.43. The molecule has 0 spiro atoms. The molecule has 1 rings (SSSR count). The van der Waals surface area contributed by atoms with Crippen LogP contribution in [0.15, 0.2) is 4.42 Å². The summed E-state index contributed by atoms with van der Waals surface area (Å²) in [4.78, 5) is 0. The van der Waals surface area contributed by atoms with Crippen LogP contribution in [0, 0.1) is 0 Å². The number of rotatable bonds is 4. The van der Waals surface area contributed by atoms with Gasteiger partial charge in [-0.1, -0.05) is 31.6 Å². The molecule has 1 aromatic rings. The van der Waals surface area contributed by atoms with Crippen molar-refractivity contribution in [2.24, 2.45) is 0 Å². The minimum absolute atomic E-state index is 0.0704. The average molecular weight is 260 g/mol. The fourth-order valence-electron chi connectivity index (χ4n) is 1.11. The maximum Gasteiger partial charge on any atom is 0.221 e. The second-order valence-corrected chi connectivity index (χ2v) is 7.44. The van der Waals surface area contributed by atoms with Crippen LogP contribution in [0.1, 0.15) is 52.8 Å². The Bertz CT molecular complexity index is 342. The van der Waals surface area contributed by atoms with E-state index in [1.165, 1.54) is 0 Å². The van der Waals surface area contributed by atoms with Gasteiger partial charge in [-0.05, 0) is 20.3 Å². The van der Waals surface area contributed by atoms with E-state index in [1.54, 1.807) is 10.8 Å². The van der Waals surface area contributed by atoms with Crippen LogP contribution in [0.5, 0.6) is 0 Å². The maximum absolute atomic E-state index is 5.63. The number of hydrogen-bond acceptors (Lipinski definition) is 5. The smallest absolute Gasteiger partial charge is 0.221 e. The van der Waals surface area contributed by atoms with Crippen molar-refractivity contribution in [1.29, 1.82) is 0 Å². The minimum atomic E-state index is -0.0704. The lowest BCUT2D eigenvalue weighted by molar-refractivity contribution is 0.367. The molecular formula is C11H20N2OS2. The SMILES string of the molecule is CC(C)(CCc1nnc(C(C)(C)C)o1)SS. The first-order valence-corrected chi connectivity index (χ1v) is 7.27. The first-order valence-electron chi connectivity index (χ1n) is 5.40. The third-order valence-electron chi connectivity index (χ3n) is 2.30. The summed E-state index contributed by atoms with van der Waals surface area (Å²) in [7, 11) is 1.56. The Morgan fingerprint density at radius 3 is 2.25 bits per heavy atom. The molecule has 0 saturated carbocycles. The summed E-state index contributed by atoms with van der Waals surface area (Å²) in [6.07, 6.45) is 1.79. The molecule has 0 aliphatic heterocycles. The van der Waals surface area contributed by atoms with E-state index in [1.807, 2.05) is 0 Å². The highest BCUT2D eigenvalue weighted by atomic mass is 33.1. The molecule has 0 saturated heterocycles. The highest BCUT2D eigenvalue weighted by Crippen LogP contribution is 2.32. The van der Waals surface area contributed by atoms with Gasteiger partial charge in [0.1, 0.15) is 0 Å². The molecule has 92 valence electrons. The van der Waals surface area contributed by atoms with Crippen molar-refractivity contribution < 1.29 is 4.42 Å². The average Bonchev–Trinajstić information content (AvgIpc) is 2.63. The third-order valence-corrected chi connectivity index (χ3v) is 4.48. The Balaban J connectivity index is 2.60. The summed E-state index contributed by atoms with van der Waals surface area (Å²) in [6, 6.07) is 0. The van der Waals surface area contributed by atoms with Gasteiger partial charge in [0.2, 0.25) is 11.8 Å². The van der Waals surface area contributed by atoms with E-state index in [0.717, 1.165) is 18.7 Å². The molecule has 5 heteroatoms. The molecule has 1 heterocycles. The van der Waals surface area contributed by atoms with Crippen LogP contribution in [0.4, 0.5) is 0 Å². The van der Waals surface area contributed by atoms with E-state index in [0.29, 0.717) is 5.89 Å². The van der Waals surface area contributed by atoms with Crippen LogP contribution in [0.2, 0.25) is 0 Å². The second-order valence-electron chi connectivity index (χ2n) is 5.60. The van der Waals surface area contributed by atoms with Crippen molar-refractivity contribution >= 4 is 22.5 Å². The highest BCUT2D eigenvalue weighted by molar-refractivity contribution is 8.69. The third kappa shape index (κ3) is 4.01. The van der Waals surface area contributed by atoms with Gasteiger partial charge in [0.25, 0.3) is 0 Å². The molecule has 0 aliphatic carbocycles. The van der Waals surface area contributed by atoms with E-state index in [9.17, 15) is 0 Å². The Morgan fingerprint density at radius 1 is 1.19 bits per heavy atom. The Hall–Kier alpha value is -0.160. The van der Waals surface area contributed by atoms with Gasteiger partial charge in [0.05, 0.1) is 0 Å². The van der Waals surface area contributed by atoms with Crippen molar-refractivity contribution in [1.82, 2.24) is 10.2 Å². The topological polar surface area (TPSA) is 38.9 Å². The van der Waals surface area contributed by atoms with E-state index < -0.39 is 0 Å². The van der Waals surface area contributed by atoms with Gasteiger partial charge in [-0.3, -0.25) is 0 Å². The molecule has 1 aromatic heterocycles. The van der Waals surface area contributed by atoms with Crippen molar-refractivity contribution in [3.05, 3.63) is 11.8 Å². The van der Waals surface area contributed by atoms with Crippen molar-refractivity contribution in [2.45, 2.75) is 57.6 Å². The largest absolute Gasteiger partial charge is 0.425 e. The Kier molecular flexibility index (Phi) is 4.35. The van der Waals surface area contributed by atoms with Crippen LogP contribution < -0.4 is 0 Å². The first-order chi connectivity index (χ1) is 7.24. The number of hydrogen-bond donors (Lipinski definition) is 1. The minimum Gasteiger partial charge on any atom is -0.425 e. The molecule has 0 fully saturated rings. The summed E-state index contributed by atoms with van der Waals surface area (Å²) in [5.41, 5.74) is -0.0704. The predicted molar refractivity (Wildman–Crippen MR) is 72.0 cm³/mol. The fraction of sp³-hybridized carbons (Fsp3) is 0.818. The Labute approximate surface area is 107 Å². The van der Waals surface area contributed by atoms with Gasteiger partial charge in [0.15, 0.2) is 0 Å². The van der Waals surface area contributed by atoms with Crippen LogP contribution in [0.25, 0.3) is 0 Å². The maximum atomic E-state index is 5.63. The van der Waals surface area contributed by atoms with Gasteiger partial charge in [0, 0.05) is 16.6 Å². The molecule has 0 aromatic carbocycles. The standard InChI is InChI=1S/C11H20N2OS2/c1-10(2,3)9-13-12-8(14-9)6-7-11(4,5)16-15/h15H,6-7H2,1-5H3. The van der Waals surface area contributed by atoms with Gasteiger partial charge in [-0.2, -0.15) is 0 Å². The normalized spacial score (nSPS) is 13.1. The van der Waals surface area contributed by atoms with E-state index >= 15 is 0 Å². The van der Waals surface area contributed by atoms with Crippen molar-refractivity contribution in [3.8, 4) is 0 Å². The lowest BCUT2D eigenvalue weighted by Crippen LogP contribution is -2.13. The summed E-state index contributed by atoms with van der Waals surface area (Å²) in [5, 5.41) is 8.14. The number of thiol groups is 1. The molecule has 0 radical (unpaired) electrons. The zero-order valence-corrected chi connectivity index (χ0v) is 12.3. The van der Waals surface area contributed by atoms with Crippen LogP contribution in [-0.4, -0.2) is 14.9 Å². The lowest BCUT2D eigenvalue weighted by atomic mass is 9.97. The molecule has 0 aliphatic rings. The fourth-order valence-corrected chi connectivity index (χ4v) is 1.58. The zero-order chi connectivity index (χ0) is 12.4. The summed E-state index contributed by atoms with van der Waals surface area (Å²) >= 11 is 4.25. The van der Waals surface area contributed by atoms with Gasteiger partial charge < -0.3 is 4.42 Å². The van der Waals surface area contributed by atoms with Crippen LogP contribution in [0.3, 0.4) is 0 Å². The number of nitrogens with zero attached hydrogens (tertiary/aromatic N) is 2. The second kappa shape index (κ2) is 5.00. The quantitative estimate of drug-likeness (QED) is 0.662. The molecular weight excluding hydrogens is 240 g/mol. The Morgan fingerprint density at radius 2 is 1.81 bits per heavy atom. The molecule has 3 nitrogen and oxygen atoms in total. The van der Waals surface area contributed by atoms with Crippen LogP contribution >= 0.6 is 22.5 Å². The van der Waals surface area contributed by atoms with Crippen molar-refractivity contribution in [2.75, 3.05) is 0 Å². The van der Waals surface area contributed by atoms with E-state index in [4.69, 9.17) is 4.42 Å². The molecule has 16 heavy (non-hydrogen) atoms. The van der Waals surface area contributed by atoms with Gasteiger partial charge in [-0.15, -0.1) is 21.9 Å². The van der Waals surface area contributed by atoms with E-state index in [-0.39, 0.29) is 10.2 Å². The predicted octanol–water partition coefficient (Wildman–Crippen LogP) is 3.66. The molecule has 0 atom stereocenters. The highest BCUT2D eigenvalue weighted by Gasteiger charge is 2.23. The monoisotopic (exact) mass is 260 g/mol. The van der Waals surface area contributed by atoms with Gasteiger partial charge >= 0.3 is 0 Å². The summed E-state index contributed by atoms with van der Waals surface area (Å²) < 4.78 is 5.77. The molecule has 0 bridgehead atoms. The number of aromatic nitrogens is 2. The van der Waals surface area contributed by atoms with E-state index in [2.05, 4.69) is 56.5 Å². The van der Waals surface area contributed by atoms with Gasteiger partial charge in [-0.25, -0.2) is 0 Å². The molecule has 0 unspecified atom stereocenters. The zero-order valence-electron chi connectivity index (χ0n) is 10.6. The van der Waals surface area contributed by atoms with Crippen molar-refractivity contribution in [3.63, 3.8) is 0 Å².